The molecule has 0 unspecified atom stereocenters. The lowest BCUT2D eigenvalue weighted by Crippen LogP contribution is -2.53. The molecule has 4 rings (SSSR count). The molecule has 4 amide bonds. The van der Waals surface area contributed by atoms with Crippen LogP contribution in [-0.4, -0.2) is 66.4 Å². The molecule has 1 heterocycles. The van der Waals surface area contributed by atoms with Gasteiger partial charge in [-0.15, -0.1) is 0 Å². The summed E-state index contributed by atoms with van der Waals surface area (Å²) in [7, 11) is 0. The Morgan fingerprint density at radius 3 is 2.16 bits per heavy atom. The van der Waals surface area contributed by atoms with Gasteiger partial charge in [-0.3, -0.25) is 19.2 Å². The molecule has 50 heavy (non-hydrogen) atoms. The summed E-state index contributed by atoms with van der Waals surface area (Å²) in [4.78, 5) is 50.1. The molecule has 268 valence electrons. The van der Waals surface area contributed by atoms with Crippen LogP contribution in [0.1, 0.15) is 49.5 Å². The highest BCUT2D eigenvalue weighted by atomic mass is 19.1. The van der Waals surface area contributed by atoms with Crippen molar-refractivity contribution in [3.8, 4) is 22.6 Å². The SMILES string of the molecule is CC(C)C[C@H](NC(=O)[C@H](C)NC(=O)C[C@H](O)[C@H](COCc1ccc(-c2ccc3c(c2)OCO3)cc1)NC(=O)c1c(F)cc(F)cc1F)C(N)=O. The number of amides is 4. The molecule has 0 saturated heterocycles. The van der Waals surface area contributed by atoms with E-state index >= 15 is 0 Å². The van der Waals surface area contributed by atoms with E-state index in [1.807, 2.05) is 38.1 Å². The number of aliphatic hydroxyl groups is 1. The molecule has 4 atom stereocenters. The minimum Gasteiger partial charge on any atom is -0.454 e. The summed E-state index contributed by atoms with van der Waals surface area (Å²) >= 11 is 0. The van der Waals surface area contributed by atoms with Crippen molar-refractivity contribution in [1.82, 2.24) is 16.0 Å². The molecule has 3 aromatic rings. The summed E-state index contributed by atoms with van der Waals surface area (Å²) in [5.74, 6) is -6.43. The summed E-state index contributed by atoms with van der Waals surface area (Å²) in [6.45, 7) is 4.75. The predicted octanol–water partition coefficient (Wildman–Crippen LogP) is 3.09. The summed E-state index contributed by atoms with van der Waals surface area (Å²) in [6, 6.07) is 9.98. The number of fused-ring (bicyclic) bond motifs is 1. The van der Waals surface area contributed by atoms with Crippen LogP contribution in [-0.2, 0) is 25.7 Å². The molecule has 12 nitrogen and oxygen atoms in total. The van der Waals surface area contributed by atoms with E-state index in [1.54, 1.807) is 18.2 Å². The van der Waals surface area contributed by atoms with Crippen LogP contribution in [0, 0.1) is 23.4 Å². The van der Waals surface area contributed by atoms with E-state index in [-0.39, 0.29) is 25.7 Å². The van der Waals surface area contributed by atoms with Crippen LogP contribution >= 0.6 is 0 Å². The monoisotopic (exact) mass is 700 g/mol. The van der Waals surface area contributed by atoms with E-state index in [2.05, 4.69) is 16.0 Å². The van der Waals surface area contributed by atoms with Gasteiger partial charge in [-0.25, -0.2) is 13.2 Å². The van der Waals surface area contributed by atoms with E-state index in [0.29, 0.717) is 29.2 Å². The highest BCUT2D eigenvalue weighted by molar-refractivity contribution is 5.95. The third-order valence-corrected chi connectivity index (χ3v) is 7.77. The average Bonchev–Trinajstić information content (AvgIpc) is 3.51. The standard InChI is InChI=1S/C35H39F3N4O8/c1-18(2)10-26(33(39)45)41-34(46)19(3)40-31(44)14-28(43)27(42-35(47)32-24(37)12-23(36)13-25(32)38)16-48-15-20-4-6-21(7-5-20)22-8-9-29-30(11-22)50-17-49-29/h4-9,11-13,18-19,26-28,43H,10,14-17H2,1-3H3,(H2,39,45)(H,40,44)(H,41,46)(H,42,47)/t19-,26-,27-,28-/m0/s1. The highest BCUT2D eigenvalue weighted by Gasteiger charge is 2.29. The Labute approximate surface area is 286 Å². The van der Waals surface area contributed by atoms with Gasteiger partial charge in [0, 0.05) is 12.1 Å². The third kappa shape index (κ3) is 10.2. The Morgan fingerprint density at radius 2 is 1.52 bits per heavy atom. The van der Waals surface area contributed by atoms with Crippen molar-refractivity contribution in [2.75, 3.05) is 13.4 Å². The number of carbonyl (C=O) groups is 4. The Bertz CT molecular complexity index is 1680. The lowest BCUT2D eigenvalue weighted by atomic mass is 10.0. The number of hydrogen-bond donors (Lipinski definition) is 5. The molecule has 0 aliphatic carbocycles. The normalized spacial score (nSPS) is 14.4. The van der Waals surface area contributed by atoms with Crippen LogP contribution in [0.4, 0.5) is 13.2 Å². The maximum absolute atomic E-state index is 14.4. The second-order valence-corrected chi connectivity index (χ2v) is 12.3. The van der Waals surface area contributed by atoms with Gasteiger partial charge in [0.25, 0.3) is 5.91 Å². The molecule has 0 fully saturated rings. The zero-order chi connectivity index (χ0) is 36.5. The number of rotatable bonds is 16. The number of halogens is 3. The van der Waals surface area contributed by atoms with Gasteiger partial charge < -0.3 is 41.0 Å². The van der Waals surface area contributed by atoms with Crippen molar-refractivity contribution in [3.05, 3.63) is 83.2 Å². The molecule has 15 heteroatoms. The van der Waals surface area contributed by atoms with Gasteiger partial charge in [0.15, 0.2) is 11.5 Å². The first-order valence-corrected chi connectivity index (χ1v) is 15.8. The van der Waals surface area contributed by atoms with Crippen LogP contribution in [0.25, 0.3) is 11.1 Å². The van der Waals surface area contributed by atoms with Gasteiger partial charge in [-0.1, -0.05) is 44.2 Å². The maximum Gasteiger partial charge on any atom is 0.257 e. The van der Waals surface area contributed by atoms with E-state index in [9.17, 15) is 37.5 Å². The maximum atomic E-state index is 14.4. The summed E-state index contributed by atoms with van der Waals surface area (Å²) in [6.07, 6.45) is -2.06. The number of benzene rings is 3. The quantitative estimate of drug-likeness (QED) is 0.151. The smallest absolute Gasteiger partial charge is 0.257 e. The predicted molar refractivity (Wildman–Crippen MR) is 174 cm³/mol. The molecule has 0 spiro atoms. The van der Waals surface area contributed by atoms with Crippen molar-refractivity contribution in [1.29, 1.82) is 0 Å². The number of carbonyl (C=O) groups excluding carboxylic acids is 4. The molecule has 0 bridgehead atoms. The van der Waals surface area contributed by atoms with Crippen LogP contribution < -0.4 is 31.2 Å². The molecule has 1 aliphatic heterocycles. The fourth-order valence-electron chi connectivity index (χ4n) is 5.13. The molecular formula is C35H39F3N4O8. The lowest BCUT2D eigenvalue weighted by Gasteiger charge is -2.25. The summed E-state index contributed by atoms with van der Waals surface area (Å²) in [5, 5.41) is 18.1. The minimum absolute atomic E-state index is 0.0133. The molecule has 0 aromatic heterocycles. The van der Waals surface area contributed by atoms with Crippen LogP contribution in [0.5, 0.6) is 11.5 Å². The zero-order valence-electron chi connectivity index (χ0n) is 27.6. The number of primary amides is 1. The molecule has 0 saturated carbocycles. The van der Waals surface area contributed by atoms with Gasteiger partial charge in [0.05, 0.1) is 31.8 Å². The number of hydrogen-bond acceptors (Lipinski definition) is 8. The van der Waals surface area contributed by atoms with Gasteiger partial charge >= 0.3 is 0 Å². The van der Waals surface area contributed by atoms with Crippen molar-refractivity contribution in [3.63, 3.8) is 0 Å². The first-order valence-electron chi connectivity index (χ1n) is 15.8. The fourth-order valence-corrected chi connectivity index (χ4v) is 5.13. The van der Waals surface area contributed by atoms with E-state index in [1.165, 1.54) is 6.92 Å². The van der Waals surface area contributed by atoms with Crippen molar-refractivity contribution >= 4 is 23.6 Å². The van der Waals surface area contributed by atoms with Crippen molar-refractivity contribution in [2.45, 2.75) is 64.4 Å². The highest BCUT2D eigenvalue weighted by Crippen LogP contribution is 2.36. The Balaban J connectivity index is 1.40. The van der Waals surface area contributed by atoms with Gasteiger partial charge in [0.2, 0.25) is 24.5 Å². The first kappa shape index (κ1) is 37.7. The topological polar surface area (TPSA) is 178 Å². The Hall–Kier alpha value is -5.15. The first-order chi connectivity index (χ1) is 23.7. The number of ether oxygens (including phenoxy) is 3. The molecular weight excluding hydrogens is 661 g/mol. The molecule has 3 aromatic carbocycles. The van der Waals surface area contributed by atoms with Gasteiger partial charge in [-0.05, 0) is 48.1 Å². The Morgan fingerprint density at radius 1 is 0.880 bits per heavy atom. The number of nitrogens with one attached hydrogen (secondary N) is 3. The van der Waals surface area contributed by atoms with Gasteiger partial charge in [-0.2, -0.15) is 0 Å². The second-order valence-electron chi connectivity index (χ2n) is 12.3. The van der Waals surface area contributed by atoms with Crippen molar-refractivity contribution in [2.24, 2.45) is 11.7 Å². The lowest BCUT2D eigenvalue weighted by molar-refractivity contribution is -0.132. The molecule has 1 aliphatic rings. The third-order valence-electron chi connectivity index (χ3n) is 7.77. The van der Waals surface area contributed by atoms with Gasteiger partial charge in [0.1, 0.15) is 35.1 Å². The summed E-state index contributed by atoms with van der Waals surface area (Å²) < 4.78 is 58.7. The van der Waals surface area contributed by atoms with Crippen molar-refractivity contribution < 1.29 is 51.7 Å². The molecule has 6 N–H and O–H groups in total. The Kier molecular flexibility index (Phi) is 12.8. The van der Waals surface area contributed by atoms with E-state index in [4.69, 9.17) is 19.9 Å². The number of aliphatic hydroxyl groups excluding tert-OH is 1. The average molecular weight is 701 g/mol. The van der Waals surface area contributed by atoms with Crippen LogP contribution in [0.2, 0.25) is 0 Å². The van der Waals surface area contributed by atoms with Crippen LogP contribution in [0.3, 0.4) is 0 Å². The van der Waals surface area contributed by atoms with E-state index < -0.39 is 83.9 Å². The zero-order valence-corrected chi connectivity index (χ0v) is 27.6. The molecule has 0 radical (unpaired) electrons. The second kappa shape index (κ2) is 17.0. The minimum atomic E-state index is -1.67. The van der Waals surface area contributed by atoms with E-state index in [0.717, 1.165) is 11.1 Å². The fraction of sp³-hybridized carbons (Fsp3) is 0.371. The summed E-state index contributed by atoms with van der Waals surface area (Å²) in [5.41, 5.74) is 6.75. The largest absolute Gasteiger partial charge is 0.454 e. The van der Waals surface area contributed by atoms with Crippen LogP contribution in [0.15, 0.2) is 54.6 Å². The number of nitrogens with two attached hydrogens (primary N) is 1.